The highest BCUT2D eigenvalue weighted by Gasteiger charge is 2.34. The molecule has 0 aliphatic carbocycles. The smallest absolute Gasteiger partial charge is 0.227 e. The van der Waals surface area contributed by atoms with Gasteiger partial charge in [-0.05, 0) is 43.7 Å². The Hall–Kier alpha value is -3.93. The minimum absolute atomic E-state index is 0.184. The van der Waals surface area contributed by atoms with Crippen molar-refractivity contribution in [1.29, 1.82) is 0 Å². The largest absolute Gasteiger partial charge is 0.435 e. The molecule has 0 amide bonds. The molecule has 1 aliphatic heterocycles. The summed E-state index contributed by atoms with van der Waals surface area (Å²) < 4.78 is 6.26. The lowest BCUT2D eigenvalue weighted by Gasteiger charge is -2.41. The van der Waals surface area contributed by atoms with E-state index >= 15 is 0 Å². The Morgan fingerprint density at radius 2 is 1.65 bits per heavy atom. The van der Waals surface area contributed by atoms with Gasteiger partial charge in [0, 0.05) is 41.6 Å². The van der Waals surface area contributed by atoms with Crippen LogP contribution in [0.4, 0.5) is 23.0 Å². The molecule has 5 aromatic rings. The molecule has 152 valence electrons. The Kier molecular flexibility index (Phi) is 3.93. The highest BCUT2D eigenvalue weighted by Crippen LogP contribution is 2.45. The molecule has 0 bridgehead atoms. The second-order valence-electron chi connectivity index (χ2n) is 7.93. The summed E-state index contributed by atoms with van der Waals surface area (Å²) in [5, 5.41) is 2.08. The Labute approximate surface area is 179 Å². The number of furan rings is 1. The summed E-state index contributed by atoms with van der Waals surface area (Å²) in [5.41, 5.74) is 4.75. The molecule has 0 fully saturated rings. The van der Waals surface area contributed by atoms with Crippen molar-refractivity contribution in [1.82, 2.24) is 15.0 Å². The van der Waals surface area contributed by atoms with Crippen LogP contribution in [0.25, 0.3) is 22.1 Å². The van der Waals surface area contributed by atoms with Crippen LogP contribution >= 0.6 is 0 Å². The summed E-state index contributed by atoms with van der Waals surface area (Å²) >= 11 is 0. The summed E-state index contributed by atoms with van der Waals surface area (Å²) in [7, 11) is 0. The molecule has 2 aromatic carbocycles. The predicted octanol–water partition coefficient (Wildman–Crippen LogP) is 5.76. The number of fused-ring (bicyclic) bond motifs is 4. The Morgan fingerprint density at radius 3 is 2.48 bits per heavy atom. The average molecular weight is 407 g/mol. The molecule has 0 N–H and O–H groups in total. The maximum Gasteiger partial charge on any atom is 0.227 e. The maximum absolute atomic E-state index is 6.26. The van der Waals surface area contributed by atoms with Crippen LogP contribution in [0, 0.1) is 6.92 Å². The van der Waals surface area contributed by atoms with Crippen molar-refractivity contribution >= 4 is 45.1 Å². The zero-order valence-electron chi connectivity index (χ0n) is 17.4. The first kappa shape index (κ1) is 17.9. The van der Waals surface area contributed by atoms with Gasteiger partial charge >= 0.3 is 0 Å². The molecule has 6 rings (SSSR count). The van der Waals surface area contributed by atoms with Gasteiger partial charge in [-0.3, -0.25) is 0 Å². The molecule has 1 aliphatic rings. The average Bonchev–Trinajstić information content (AvgIpc) is 3.18. The number of pyridine rings is 1. The van der Waals surface area contributed by atoms with Gasteiger partial charge in [-0.2, -0.15) is 0 Å². The third-order valence-electron chi connectivity index (χ3n) is 5.93. The van der Waals surface area contributed by atoms with Crippen LogP contribution < -0.4 is 9.80 Å². The van der Waals surface area contributed by atoms with E-state index in [2.05, 4.69) is 71.1 Å². The van der Waals surface area contributed by atoms with E-state index in [0.29, 0.717) is 5.71 Å². The third kappa shape index (κ3) is 2.68. The second-order valence-corrected chi connectivity index (χ2v) is 7.93. The fraction of sp³-hybridized carbons (Fsp3) is 0.160. The van der Waals surface area contributed by atoms with Crippen molar-refractivity contribution in [3.8, 4) is 0 Å². The number of anilines is 4. The molecular weight excluding hydrogens is 386 g/mol. The number of aryl methyl sites for hydroxylation is 1. The van der Waals surface area contributed by atoms with Crippen LogP contribution in [-0.2, 0) is 0 Å². The number of nitrogens with zero attached hydrogens (tertiary/aromatic N) is 5. The van der Waals surface area contributed by atoms with Crippen molar-refractivity contribution < 1.29 is 4.42 Å². The highest BCUT2D eigenvalue weighted by atomic mass is 16.3. The topological polar surface area (TPSA) is 58.3 Å². The normalized spacial score (nSPS) is 16.1. The number of rotatable bonds is 2. The van der Waals surface area contributed by atoms with Gasteiger partial charge in [0.1, 0.15) is 0 Å². The van der Waals surface area contributed by atoms with E-state index in [1.807, 2.05) is 12.1 Å². The van der Waals surface area contributed by atoms with Crippen molar-refractivity contribution in [2.75, 3.05) is 16.3 Å². The Balaban J connectivity index is 1.59. The predicted molar refractivity (Wildman–Crippen MR) is 123 cm³/mol. The summed E-state index contributed by atoms with van der Waals surface area (Å²) in [6.07, 6.45) is 5.27. The monoisotopic (exact) mass is 407 g/mol. The molecule has 0 unspecified atom stereocenters. The molecule has 1 atom stereocenters. The zero-order chi connectivity index (χ0) is 20.9. The minimum atomic E-state index is 0.184. The van der Waals surface area contributed by atoms with Gasteiger partial charge in [-0.15, -0.1) is 0 Å². The molecule has 31 heavy (non-hydrogen) atoms. The number of para-hydroxylation sites is 1. The van der Waals surface area contributed by atoms with Gasteiger partial charge in [-0.25, -0.2) is 15.0 Å². The summed E-state index contributed by atoms with van der Waals surface area (Å²) in [5.74, 6) is 1.67. The van der Waals surface area contributed by atoms with Gasteiger partial charge in [0.2, 0.25) is 5.71 Å². The van der Waals surface area contributed by atoms with Gasteiger partial charge in [0.25, 0.3) is 0 Å². The van der Waals surface area contributed by atoms with E-state index in [0.717, 1.165) is 51.5 Å². The first-order chi connectivity index (χ1) is 15.2. The third-order valence-corrected chi connectivity index (χ3v) is 5.93. The molecule has 0 saturated heterocycles. The summed E-state index contributed by atoms with van der Waals surface area (Å²) in [6, 6.07) is 18.8. The molecule has 0 spiro atoms. The Morgan fingerprint density at radius 1 is 0.839 bits per heavy atom. The van der Waals surface area contributed by atoms with Crippen LogP contribution in [0.2, 0.25) is 0 Å². The van der Waals surface area contributed by atoms with Crippen molar-refractivity contribution in [2.45, 2.75) is 19.9 Å². The van der Waals surface area contributed by atoms with Gasteiger partial charge in [-0.1, -0.05) is 30.3 Å². The van der Waals surface area contributed by atoms with E-state index in [-0.39, 0.29) is 6.04 Å². The van der Waals surface area contributed by atoms with E-state index in [1.54, 1.807) is 18.6 Å². The SMILES string of the molecule is Cc1ccc2c(oc3ncccc32)c1N1C[C@H](C)N(c2ccccc2)c2nccnc21. The maximum atomic E-state index is 6.26. The lowest BCUT2D eigenvalue weighted by Crippen LogP contribution is -2.44. The molecule has 6 heteroatoms. The number of benzene rings is 2. The molecule has 4 heterocycles. The highest BCUT2D eigenvalue weighted by molar-refractivity contribution is 6.09. The Bertz CT molecular complexity index is 1410. The molecule has 0 radical (unpaired) electrons. The van der Waals surface area contributed by atoms with E-state index in [1.165, 1.54) is 0 Å². The zero-order valence-corrected chi connectivity index (χ0v) is 17.4. The van der Waals surface area contributed by atoms with Crippen molar-refractivity contribution in [2.24, 2.45) is 0 Å². The van der Waals surface area contributed by atoms with Crippen LogP contribution in [-0.4, -0.2) is 27.5 Å². The van der Waals surface area contributed by atoms with Gasteiger partial charge in [0.15, 0.2) is 17.2 Å². The van der Waals surface area contributed by atoms with Gasteiger partial charge < -0.3 is 14.2 Å². The summed E-state index contributed by atoms with van der Waals surface area (Å²) in [6.45, 7) is 5.08. The number of hydrogen-bond acceptors (Lipinski definition) is 6. The van der Waals surface area contributed by atoms with E-state index in [9.17, 15) is 0 Å². The van der Waals surface area contributed by atoms with Crippen LogP contribution in [0.5, 0.6) is 0 Å². The fourth-order valence-electron chi connectivity index (χ4n) is 4.58. The molecule has 0 saturated carbocycles. The van der Waals surface area contributed by atoms with Crippen LogP contribution in [0.15, 0.2) is 77.6 Å². The van der Waals surface area contributed by atoms with Crippen molar-refractivity contribution in [3.05, 3.63) is 78.8 Å². The van der Waals surface area contributed by atoms with E-state index in [4.69, 9.17) is 14.4 Å². The van der Waals surface area contributed by atoms with Gasteiger partial charge in [0.05, 0.1) is 11.7 Å². The second kappa shape index (κ2) is 6.80. The lowest BCUT2D eigenvalue weighted by molar-refractivity contribution is 0.641. The lowest BCUT2D eigenvalue weighted by atomic mass is 10.1. The molecular formula is C25H21N5O. The van der Waals surface area contributed by atoms with Crippen LogP contribution in [0.3, 0.4) is 0 Å². The first-order valence-electron chi connectivity index (χ1n) is 10.4. The number of aromatic nitrogens is 3. The van der Waals surface area contributed by atoms with Crippen molar-refractivity contribution in [3.63, 3.8) is 0 Å². The first-order valence-corrected chi connectivity index (χ1v) is 10.4. The quantitative estimate of drug-likeness (QED) is 0.371. The minimum Gasteiger partial charge on any atom is -0.435 e. The molecule has 3 aromatic heterocycles. The number of hydrogen-bond donors (Lipinski definition) is 0. The fourth-order valence-corrected chi connectivity index (χ4v) is 4.58. The standard InChI is InChI=1S/C25H21N5O/c1-16-10-11-19-20-9-6-12-28-25(20)31-22(19)21(16)29-15-17(2)30(18-7-4-3-5-8-18)24-23(29)26-13-14-27-24/h3-14,17H,15H2,1-2H3/t17-/m0/s1. The van der Waals surface area contributed by atoms with E-state index < -0.39 is 0 Å². The molecule has 6 nitrogen and oxygen atoms in total. The summed E-state index contributed by atoms with van der Waals surface area (Å²) in [4.78, 5) is 18.4. The van der Waals surface area contributed by atoms with Crippen LogP contribution in [0.1, 0.15) is 12.5 Å².